The van der Waals surface area contributed by atoms with Crippen molar-refractivity contribution in [2.45, 2.75) is 19.6 Å². The van der Waals surface area contributed by atoms with Crippen LogP contribution in [0.3, 0.4) is 0 Å². The predicted molar refractivity (Wildman–Crippen MR) is 90.7 cm³/mol. The lowest BCUT2D eigenvalue weighted by atomic mass is 10.1. The molecule has 0 fully saturated rings. The summed E-state index contributed by atoms with van der Waals surface area (Å²) in [6.45, 7) is 1.82. The molecule has 1 heterocycles. The number of carbonyl (C=O) groups is 1. The minimum absolute atomic E-state index is 0.169. The largest absolute Gasteiger partial charge is 0.451 e. The Morgan fingerprint density at radius 2 is 1.96 bits per heavy atom. The van der Waals surface area contributed by atoms with Crippen molar-refractivity contribution in [2.75, 3.05) is 0 Å². The Morgan fingerprint density at radius 3 is 2.70 bits per heavy atom. The van der Waals surface area contributed by atoms with Gasteiger partial charge < -0.3 is 9.47 Å². The number of hydrogen-bond donors (Lipinski definition) is 1. The summed E-state index contributed by atoms with van der Waals surface area (Å²) in [5, 5.41) is 3.99. The second kappa shape index (κ2) is 6.83. The average Bonchev–Trinajstić information content (AvgIpc) is 2.87. The van der Waals surface area contributed by atoms with Crippen LogP contribution in [0.1, 0.15) is 18.1 Å². The number of nitrogens with one attached hydrogen (secondary N) is 1. The van der Waals surface area contributed by atoms with E-state index in [4.69, 9.17) is 9.47 Å². The van der Waals surface area contributed by atoms with E-state index in [0.29, 0.717) is 11.5 Å². The molecule has 0 unspecified atom stereocenters. The number of rotatable bonds is 4. The van der Waals surface area contributed by atoms with Crippen LogP contribution in [0.4, 0.5) is 0 Å². The molecular formula is C17H15BrN2O3. The zero-order chi connectivity index (χ0) is 16.2. The number of hydrazone groups is 1. The van der Waals surface area contributed by atoms with Crippen LogP contribution in [0.5, 0.6) is 11.5 Å². The molecule has 0 aliphatic carbocycles. The van der Waals surface area contributed by atoms with Crippen LogP contribution in [-0.2, 0) is 11.2 Å². The summed E-state index contributed by atoms with van der Waals surface area (Å²) in [6.07, 6.45) is 1.56. The predicted octanol–water partition coefficient (Wildman–Crippen LogP) is 3.26. The SMILES string of the molecule is C[C@@H]1Oc2cc(Br)c(/C=N\NC(=O)Cc3ccccc3)cc2O1. The molecule has 2 aromatic carbocycles. The second-order valence-corrected chi connectivity index (χ2v) is 5.93. The normalized spacial score (nSPS) is 15.8. The molecule has 2 aromatic rings. The number of fused-ring (bicyclic) bond motifs is 1. The molecule has 0 radical (unpaired) electrons. The molecule has 1 amide bonds. The number of ether oxygens (including phenoxy) is 2. The van der Waals surface area contributed by atoms with Gasteiger partial charge in [-0.3, -0.25) is 4.79 Å². The van der Waals surface area contributed by atoms with Crippen LogP contribution >= 0.6 is 15.9 Å². The second-order valence-electron chi connectivity index (χ2n) is 5.08. The van der Waals surface area contributed by atoms with Gasteiger partial charge in [0.25, 0.3) is 0 Å². The summed E-state index contributed by atoms with van der Waals surface area (Å²) in [4.78, 5) is 11.8. The fourth-order valence-corrected chi connectivity index (χ4v) is 2.64. The van der Waals surface area contributed by atoms with E-state index >= 15 is 0 Å². The molecular weight excluding hydrogens is 360 g/mol. The number of benzene rings is 2. The van der Waals surface area contributed by atoms with E-state index in [1.807, 2.05) is 49.4 Å². The van der Waals surface area contributed by atoms with Gasteiger partial charge in [-0.05, 0) is 33.6 Å². The van der Waals surface area contributed by atoms with E-state index < -0.39 is 0 Å². The maximum absolute atomic E-state index is 11.8. The van der Waals surface area contributed by atoms with Crippen LogP contribution in [0, 0.1) is 0 Å². The summed E-state index contributed by atoms with van der Waals surface area (Å²) in [6, 6.07) is 13.2. The maximum Gasteiger partial charge on any atom is 0.244 e. The highest BCUT2D eigenvalue weighted by atomic mass is 79.9. The van der Waals surface area contributed by atoms with Crippen molar-refractivity contribution >= 4 is 28.1 Å². The first-order valence-corrected chi connectivity index (χ1v) is 7.94. The third-order valence-electron chi connectivity index (χ3n) is 3.25. The molecule has 1 N–H and O–H groups in total. The quantitative estimate of drug-likeness (QED) is 0.659. The Balaban J connectivity index is 1.62. The molecule has 6 heteroatoms. The molecule has 0 aromatic heterocycles. The topological polar surface area (TPSA) is 59.9 Å². The highest BCUT2D eigenvalue weighted by Gasteiger charge is 2.21. The molecule has 3 rings (SSSR count). The van der Waals surface area contributed by atoms with Crippen molar-refractivity contribution in [2.24, 2.45) is 5.10 Å². The van der Waals surface area contributed by atoms with Gasteiger partial charge in [-0.25, -0.2) is 5.43 Å². The Bertz CT molecular complexity index is 747. The third-order valence-corrected chi connectivity index (χ3v) is 3.94. The zero-order valence-corrected chi connectivity index (χ0v) is 14.0. The van der Waals surface area contributed by atoms with Crippen molar-refractivity contribution < 1.29 is 14.3 Å². The number of halogens is 1. The van der Waals surface area contributed by atoms with Gasteiger partial charge in [0, 0.05) is 17.0 Å². The van der Waals surface area contributed by atoms with Gasteiger partial charge >= 0.3 is 0 Å². The van der Waals surface area contributed by atoms with Gasteiger partial charge in [0.05, 0.1) is 12.6 Å². The molecule has 23 heavy (non-hydrogen) atoms. The minimum atomic E-state index is -0.297. The Labute approximate surface area is 142 Å². The standard InChI is InChI=1S/C17H15BrN2O3/c1-11-22-15-8-13(14(18)9-16(15)23-11)10-19-20-17(21)7-12-5-3-2-4-6-12/h2-6,8-11H,7H2,1H3,(H,20,21)/b19-10-/t11-/m0/s1. The van der Waals surface area contributed by atoms with Crippen molar-refractivity contribution in [3.05, 3.63) is 58.1 Å². The van der Waals surface area contributed by atoms with Crippen LogP contribution in [0.15, 0.2) is 52.0 Å². The minimum Gasteiger partial charge on any atom is -0.451 e. The maximum atomic E-state index is 11.8. The first kappa shape index (κ1) is 15.6. The van der Waals surface area contributed by atoms with Gasteiger partial charge in [-0.15, -0.1) is 0 Å². The summed E-state index contributed by atoms with van der Waals surface area (Å²) >= 11 is 3.45. The molecule has 1 aliphatic heterocycles. The van der Waals surface area contributed by atoms with Crippen LogP contribution < -0.4 is 14.9 Å². The van der Waals surface area contributed by atoms with E-state index in [1.54, 1.807) is 6.21 Å². The smallest absolute Gasteiger partial charge is 0.244 e. The number of nitrogens with zero attached hydrogens (tertiary/aromatic N) is 1. The molecule has 0 spiro atoms. The van der Waals surface area contributed by atoms with E-state index in [0.717, 1.165) is 15.6 Å². The first-order valence-electron chi connectivity index (χ1n) is 7.14. The van der Waals surface area contributed by atoms with Crippen LogP contribution in [0.2, 0.25) is 0 Å². The fraction of sp³-hybridized carbons (Fsp3) is 0.176. The zero-order valence-electron chi connectivity index (χ0n) is 12.5. The van der Waals surface area contributed by atoms with E-state index in [2.05, 4.69) is 26.5 Å². The van der Waals surface area contributed by atoms with Crippen molar-refractivity contribution in [1.29, 1.82) is 0 Å². The summed E-state index contributed by atoms with van der Waals surface area (Å²) in [5.74, 6) is 1.19. The molecule has 0 saturated heterocycles. The van der Waals surface area contributed by atoms with Gasteiger partial charge in [-0.1, -0.05) is 30.3 Å². The number of hydrogen-bond acceptors (Lipinski definition) is 4. The van der Waals surface area contributed by atoms with Gasteiger partial charge in [0.15, 0.2) is 11.5 Å². The highest BCUT2D eigenvalue weighted by Crippen LogP contribution is 2.38. The lowest BCUT2D eigenvalue weighted by Gasteiger charge is -2.02. The summed E-state index contributed by atoms with van der Waals surface area (Å²) in [7, 11) is 0. The van der Waals surface area contributed by atoms with Crippen molar-refractivity contribution in [1.82, 2.24) is 5.43 Å². The van der Waals surface area contributed by atoms with Crippen LogP contribution in [0.25, 0.3) is 0 Å². The Morgan fingerprint density at radius 1 is 1.26 bits per heavy atom. The monoisotopic (exact) mass is 374 g/mol. The summed E-state index contributed by atoms with van der Waals surface area (Å²) in [5.41, 5.74) is 4.26. The van der Waals surface area contributed by atoms with E-state index in [1.165, 1.54) is 0 Å². The van der Waals surface area contributed by atoms with Gasteiger partial charge in [0.1, 0.15) is 0 Å². The molecule has 0 bridgehead atoms. The lowest BCUT2D eigenvalue weighted by molar-refractivity contribution is -0.120. The van der Waals surface area contributed by atoms with Crippen molar-refractivity contribution in [3.8, 4) is 11.5 Å². The Kier molecular flexibility index (Phi) is 4.62. The number of amides is 1. The van der Waals surface area contributed by atoms with Crippen LogP contribution in [-0.4, -0.2) is 18.4 Å². The highest BCUT2D eigenvalue weighted by molar-refractivity contribution is 9.10. The molecule has 0 saturated carbocycles. The van der Waals surface area contributed by atoms with E-state index in [9.17, 15) is 4.79 Å². The first-order chi connectivity index (χ1) is 11.1. The third kappa shape index (κ3) is 3.90. The average molecular weight is 375 g/mol. The van der Waals surface area contributed by atoms with E-state index in [-0.39, 0.29) is 18.6 Å². The summed E-state index contributed by atoms with van der Waals surface area (Å²) < 4.78 is 11.8. The Hall–Kier alpha value is -2.34. The number of carbonyl (C=O) groups excluding carboxylic acids is 1. The van der Waals surface area contributed by atoms with Crippen molar-refractivity contribution in [3.63, 3.8) is 0 Å². The molecule has 5 nitrogen and oxygen atoms in total. The molecule has 1 aliphatic rings. The molecule has 118 valence electrons. The lowest BCUT2D eigenvalue weighted by Crippen LogP contribution is -2.19. The molecule has 1 atom stereocenters. The fourth-order valence-electron chi connectivity index (χ4n) is 2.21. The van der Waals surface area contributed by atoms with Gasteiger partial charge in [-0.2, -0.15) is 5.10 Å². The van der Waals surface area contributed by atoms with Gasteiger partial charge in [0.2, 0.25) is 12.2 Å².